The summed E-state index contributed by atoms with van der Waals surface area (Å²) in [6.45, 7) is 6.94. The van der Waals surface area contributed by atoms with Crippen LogP contribution in [0.2, 0.25) is 0 Å². The summed E-state index contributed by atoms with van der Waals surface area (Å²) in [5.74, 6) is 2.28. The maximum atomic E-state index is 5.93. The highest BCUT2D eigenvalue weighted by Gasteiger charge is 2.04. The Balaban J connectivity index is 2.20. The van der Waals surface area contributed by atoms with Gasteiger partial charge < -0.3 is 10.5 Å². The third-order valence-corrected chi connectivity index (χ3v) is 3.26. The zero-order chi connectivity index (χ0) is 13.8. The van der Waals surface area contributed by atoms with Crippen LogP contribution in [-0.2, 0) is 6.54 Å². The SMILES string of the molecule is Cc1ccc(CN)cc1Oc1ccc(C(C)C)cc1. The van der Waals surface area contributed by atoms with Crippen molar-refractivity contribution in [2.75, 3.05) is 0 Å². The molecule has 0 saturated carbocycles. The van der Waals surface area contributed by atoms with Gasteiger partial charge in [-0.25, -0.2) is 0 Å². The van der Waals surface area contributed by atoms with Crippen molar-refractivity contribution < 1.29 is 4.74 Å². The van der Waals surface area contributed by atoms with Crippen molar-refractivity contribution in [1.82, 2.24) is 0 Å². The van der Waals surface area contributed by atoms with Gasteiger partial charge in [0.2, 0.25) is 0 Å². The standard InChI is InChI=1S/C17H21NO/c1-12(2)15-6-8-16(9-7-15)19-17-10-14(11-18)5-4-13(17)3/h4-10,12H,11,18H2,1-3H3. The number of ether oxygens (including phenoxy) is 1. The lowest BCUT2D eigenvalue weighted by molar-refractivity contribution is 0.478. The Morgan fingerprint density at radius 1 is 1.05 bits per heavy atom. The van der Waals surface area contributed by atoms with E-state index in [9.17, 15) is 0 Å². The van der Waals surface area contributed by atoms with Gasteiger partial charge in [0.25, 0.3) is 0 Å². The number of nitrogens with two attached hydrogens (primary N) is 1. The minimum Gasteiger partial charge on any atom is -0.457 e. The third-order valence-electron chi connectivity index (χ3n) is 3.26. The van der Waals surface area contributed by atoms with Gasteiger partial charge in [-0.2, -0.15) is 0 Å². The Labute approximate surface area is 115 Å². The second kappa shape index (κ2) is 5.89. The van der Waals surface area contributed by atoms with Gasteiger partial charge in [0, 0.05) is 6.54 Å². The fourth-order valence-electron chi connectivity index (χ4n) is 1.93. The molecule has 0 radical (unpaired) electrons. The quantitative estimate of drug-likeness (QED) is 0.880. The van der Waals surface area contributed by atoms with Crippen molar-refractivity contribution in [2.45, 2.75) is 33.2 Å². The largest absolute Gasteiger partial charge is 0.457 e. The first kappa shape index (κ1) is 13.6. The van der Waals surface area contributed by atoms with E-state index >= 15 is 0 Å². The van der Waals surface area contributed by atoms with Crippen LogP contribution in [0.4, 0.5) is 0 Å². The van der Waals surface area contributed by atoms with E-state index < -0.39 is 0 Å². The van der Waals surface area contributed by atoms with Crippen LogP contribution in [0.15, 0.2) is 42.5 Å². The molecule has 2 aromatic rings. The molecule has 0 aliphatic carbocycles. The summed E-state index contributed by atoms with van der Waals surface area (Å²) >= 11 is 0. The van der Waals surface area contributed by atoms with E-state index in [1.54, 1.807) is 0 Å². The fourth-order valence-corrected chi connectivity index (χ4v) is 1.93. The second-order valence-electron chi connectivity index (χ2n) is 5.13. The van der Waals surface area contributed by atoms with E-state index in [1.807, 2.05) is 37.3 Å². The monoisotopic (exact) mass is 255 g/mol. The molecule has 2 heteroatoms. The van der Waals surface area contributed by atoms with Gasteiger partial charge in [0.15, 0.2) is 0 Å². The normalized spacial score (nSPS) is 10.8. The van der Waals surface area contributed by atoms with Gasteiger partial charge in [0.05, 0.1) is 0 Å². The van der Waals surface area contributed by atoms with Crippen molar-refractivity contribution in [3.8, 4) is 11.5 Å². The molecule has 2 aromatic carbocycles. The van der Waals surface area contributed by atoms with Gasteiger partial charge in [0.1, 0.15) is 11.5 Å². The summed E-state index contributed by atoms with van der Waals surface area (Å²) in [7, 11) is 0. The van der Waals surface area contributed by atoms with Crippen LogP contribution < -0.4 is 10.5 Å². The summed E-state index contributed by atoms with van der Waals surface area (Å²) in [4.78, 5) is 0. The average Bonchev–Trinajstić information content (AvgIpc) is 2.42. The Bertz CT molecular complexity index is 544. The van der Waals surface area contributed by atoms with Crippen LogP contribution in [0, 0.1) is 6.92 Å². The minimum atomic E-state index is 0.531. The molecule has 0 saturated heterocycles. The molecular weight excluding hydrogens is 234 g/mol. The van der Waals surface area contributed by atoms with E-state index in [0.29, 0.717) is 12.5 Å². The molecule has 0 amide bonds. The molecule has 0 bridgehead atoms. The highest BCUT2D eigenvalue weighted by atomic mass is 16.5. The first-order valence-corrected chi connectivity index (χ1v) is 6.67. The molecule has 0 spiro atoms. The lowest BCUT2D eigenvalue weighted by atomic mass is 10.0. The molecule has 0 aromatic heterocycles. The van der Waals surface area contributed by atoms with E-state index in [4.69, 9.17) is 10.5 Å². The van der Waals surface area contributed by atoms with Crippen LogP contribution >= 0.6 is 0 Å². The predicted molar refractivity (Wildman–Crippen MR) is 79.7 cm³/mol. The molecule has 0 atom stereocenters. The third kappa shape index (κ3) is 3.36. The highest BCUT2D eigenvalue weighted by Crippen LogP contribution is 2.27. The Kier molecular flexibility index (Phi) is 4.23. The van der Waals surface area contributed by atoms with Crippen molar-refractivity contribution in [2.24, 2.45) is 5.73 Å². The minimum absolute atomic E-state index is 0.531. The molecule has 0 aliphatic heterocycles. The lowest BCUT2D eigenvalue weighted by Gasteiger charge is -2.11. The van der Waals surface area contributed by atoms with Crippen molar-refractivity contribution in [1.29, 1.82) is 0 Å². The maximum absolute atomic E-state index is 5.93. The number of benzene rings is 2. The van der Waals surface area contributed by atoms with Crippen molar-refractivity contribution in [3.05, 3.63) is 59.2 Å². The molecule has 2 nitrogen and oxygen atoms in total. The van der Waals surface area contributed by atoms with Crippen molar-refractivity contribution in [3.63, 3.8) is 0 Å². The summed E-state index contributed by atoms with van der Waals surface area (Å²) < 4.78 is 5.93. The van der Waals surface area contributed by atoms with Crippen LogP contribution in [0.5, 0.6) is 11.5 Å². The predicted octanol–water partition coefficient (Wildman–Crippen LogP) is 4.37. The molecule has 100 valence electrons. The summed E-state index contributed by atoms with van der Waals surface area (Å²) in [5.41, 5.74) is 9.18. The molecule has 0 heterocycles. The fraction of sp³-hybridized carbons (Fsp3) is 0.294. The molecule has 2 N–H and O–H groups in total. The zero-order valence-electron chi connectivity index (χ0n) is 11.8. The molecule has 0 aliphatic rings. The lowest BCUT2D eigenvalue weighted by Crippen LogP contribution is -1.97. The average molecular weight is 255 g/mol. The second-order valence-corrected chi connectivity index (χ2v) is 5.13. The number of rotatable bonds is 4. The van der Waals surface area contributed by atoms with Crippen LogP contribution in [0.3, 0.4) is 0 Å². The molecular formula is C17H21NO. The number of aryl methyl sites for hydroxylation is 1. The van der Waals surface area contributed by atoms with E-state index in [1.165, 1.54) is 5.56 Å². The van der Waals surface area contributed by atoms with Gasteiger partial charge in [-0.05, 0) is 47.7 Å². The molecule has 19 heavy (non-hydrogen) atoms. The number of hydrogen-bond donors (Lipinski definition) is 1. The van der Waals surface area contributed by atoms with Gasteiger partial charge in [-0.15, -0.1) is 0 Å². The summed E-state index contributed by atoms with van der Waals surface area (Å²) in [6, 6.07) is 14.3. The molecule has 2 rings (SSSR count). The van der Waals surface area contributed by atoms with Crippen molar-refractivity contribution >= 4 is 0 Å². The summed E-state index contributed by atoms with van der Waals surface area (Å²) in [5, 5.41) is 0. The summed E-state index contributed by atoms with van der Waals surface area (Å²) in [6.07, 6.45) is 0. The van der Waals surface area contributed by atoms with Crippen LogP contribution in [0.1, 0.15) is 36.5 Å². The number of hydrogen-bond acceptors (Lipinski definition) is 2. The van der Waals surface area contributed by atoms with E-state index in [-0.39, 0.29) is 0 Å². The maximum Gasteiger partial charge on any atom is 0.130 e. The van der Waals surface area contributed by atoms with Gasteiger partial charge in [-0.1, -0.05) is 38.1 Å². The molecule has 0 unspecified atom stereocenters. The first-order valence-electron chi connectivity index (χ1n) is 6.67. The van der Waals surface area contributed by atoms with Gasteiger partial charge >= 0.3 is 0 Å². The smallest absolute Gasteiger partial charge is 0.130 e. The Hall–Kier alpha value is -1.80. The van der Waals surface area contributed by atoms with Crippen LogP contribution in [0.25, 0.3) is 0 Å². The van der Waals surface area contributed by atoms with Gasteiger partial charge in [-0.3, -0.25) is 0 Å². The highest BCUT2D eigenvalue weighted by molar-refractivity contribution is 5.40. The Morgan fingerprint density at radius 2 is 1.74 bits per heavy atom. The topological polar surface area (TPSA) is 35.2 Å². The first-order chi connectivity index (χ1) is 9.10. The zero-order valence-corrected chi connectivity index (χ0v) is 11.8. The van der Waals surface area contributed by atoms with Crippen LogP contribution in [-0.4, -0.2) is 0 Å². The van der Waals surface area contributed by atoms with E-state index in [2.05, 4.69) is 26.0 Å². The molecule has 0 fully saturated rings. The van der Waals surface area contributed by atoms with E-state index in [0.717, 1.165) is 22.6 Å². The Morgan fingerprint density at radius 3 is 2.32 bits per heavy atom.